The molecule has 1 fully saturated rings. The van der Waals surface area contributed by atoms with Gasteiger partial charge in [-0.3, -0.25) is 0 Å². The van der Waals surface area contributed by atoms with E-state index < -0.39 is 0 Å². The molecule has 0 aliphatic carbocycles. The molecule has 0 amide bonds. The highest BCUT2D eigenvalue weighted by molar-refractivity contribution is 5.44. The fourth-order valence-corrected chi connectivity index (χ4v) is 2.70. The SMILES string of the molecule is CNC1COc2cc(OCCC3CCCO3)ccc21. The smallest absolute Gasteiger partial charge is 0.127 e. The minimum Gasteiger partial charge on any atom is -0.493 e. The van der Waals surface area contributed by atoms with Crippen LogP contribution in [0.2, 0.25) is 0 Å². The molecule has 1 saturated heterocycles. The van der Waals surface area contributed by atoms with E-state index in [1.807, 2.05) is 19.2 Å². The maximum atomic E-state index is 5.78. The number of likely N-dealkylation sites (N-methyl/N-ethyl adjacent to an activating group) is 1. The molecular weight excluding hydrogens is 242 g/mol. The van der Waals surface area contributed by atoms with E-state index in [1.54, 1.807) is 0 Å². The van der Waals surface area contributed by atoms with Gasteiger partial charge >= 0.3 is 0 Å². The first-order valence-corrected chi connectivity index (χ1v) is 7.05. The molecule has 0 aromatic heterocycles. The van der Waals surface area contributed by atoms with Crippen LogP contribution in [0.3, 0.4) is 0 Å². The van der Waals surface area contributed by atoms with Gasteiger partial charge in [-0.2, -0.15) is 0 Å². The molecule has 0 radical (unpaired) electrons. The summed E-state index contributed by atoms with van der Waals surface area (Å²) in [4.78, 5) is 0. The van der Waals surface area contributed by atoms with Crippen LogP contribution in [-0.4, -0.2) is 33.0 Å². The maximum Gasteiger partial charge on any atom is 0.127 e. The largest absolute Gasteiger partial charge is 0.493 e. The van der Waals surface area contributed by atoms with E-state index in [0.717, 1.165) is 24.5 Å². The lowest BCUT2D eigenvalue weighted by molar-refractivity contribution is 0.0903. The summed E-state index contributed by atoms with van der Waals surface area (Å²) in [5.74, 6) is 1.82. The van der Waals surface area contributed by atoms with Gasteiger partial charge in [-0.05, 0) is 32.0 Å². The summed E-state index contributed by atoms with van der Waals surface area (Å²) in [7, 11) is 1.95. The topological polar surface area (TPSA) is 39.7 Å². The molecule has 4 nitrogen and oxygen atoms in total. The van der Waals surface area contributed by atoms with Crippen LogP contribution in [0, 0.1) is 0 Å². The first-order chi connectivity index (χ1) is 9.36. The predicted octanol–water partition coefficient (Wildman–Crippen LogP) is 2.29. The minimum atomic E-state index is 0.302. The zero-order valence-corrected chi connectivity index (χ0v) is 11.4. The Morgan fingerprint density at radius 3 is 3.16 bits per heavy atom. The number of fused-ring (bicyclic) bond motifs is 1. The summed E-state index contributed by atoms with van der Waals surface area (Å²) in [6, 6.07) is 6.40. The molecule has 1 aromatic rings. The van der Waals surface area contributed by atoms with Crippen LogP contribution >= 0.6 is 0 Å². The highest BCUT2D eigenvalue weighted by atomic mass is 16.5. The number of hydrogen-bond donors (Lipinski definition) is 1. The highest BCUT2D eigenvalue weighted by Crippen LogP contribution is 2.35. The normalized spacial score (nSPS) is 25.1. The average Bonchev–Trinajstić information content (AvgIpc) is 3.07. The van der Waals surface area contributed by atoms with Crippen molar-refractivity contribution in [1.29, 1.82) is 0 Å². The summed E-state index contributed by atoms with van der Waals surface area (Å²) in [5, 5.41) is 3.24. The van der Waals surface area contributed by atoms with E-state index in [1.165, 1.54) is 18.4 Å². The maximum absolute atomic E-state index is 5.78. The number of nitrogens with one attached hydrogen (secondary N) is 1. The zero-order chi connectivity index (χ0) is 13.1. The Morgan fingerprint density at radius 2 is 2.37 bits per heavy atom. The van der Waals surface area contributed by atoms with Crippen molar-refractivity contribution in [1.82, 2.24) is 5.32 Å². The molecule has 3 rings (SSSR count). The molecule has 2 aliphatic rings. The standard InChI is InChI=1S/C15H21NO3/c1-16-14-10-19-15-9-12(4-5-13(14)15)18-8-6-11-3-2-7-17-11/h4-5,9,11,14,16H,2-3,6-8,10H2,1H3. The van der Waals surface area contributed by atoms with Crippen molar-refractivity contribution in [3.05, 3.63) is 23.8 Å². The van der Waals surface area contributed by atoms with Crippen molar-refractivity contribution in [3.8, 4) is 11.5 Å². The fourth-order valence-electron chi connectivity index (χ4n) is 2.70. The summed E-state index contributed by atoms with van der Waals surface area (Å²) in [6.45, 7) is 2.31. The second-order valence-corrected chi connectivity index (χ2v) is 5.12. The average molecular weight is 263 g/mol. The molecule has 0 spiro atoms. The summed E-state index contributed by atoms with van der Waals surface area (Å²) >= 11 is 0. The van der Waals surface area contributed by atoms with Crippen LogP contribution in [0.25, 0.3) is 0 Å². The molecule has 2 heterocycles. The zero-order valence-electron chi connectivity index (χ0n) is 11.4. The molecule has 4 heteroatoms. The Morgan fingerprint density at radius 1 is 1.42 bits per heavy atom. The van der Waals surface area contributed by atoms with E-state index >= 15 is 0 Å². The van der Waals surface area contributed by atoms with E-state index in [0.29, 0.717) is 25.4 Å². The fraction of sp³-hybridized carbons (Fsp3) is 0.600. The Labute approximate surface area is 114 Å². The first-order valence-electron chi connectivity index (χ1n) is 7.05. The lowest BCUT2D eigenvalue weighted by Gasteiger charge is -2.11. The second kappa shape index (κ2) is 5.80. The third kappa shape index (κ3) is 2.85. The van der Waals surface area contributed by atoms with Gasteiger partial charge in [0.25, 0.3) is 0 Å². The van der Waals surface area contributed by atoms with Gasteiger partial charge < -0.3 is 19.5 Å². The van der Waals surface area contributed by atoms with Crippen LogP contribution in [0.5, 0.6) is 11.5 Å². The van der Waals surface area contributed by atoms with E-state index in [2.05, 4.69) is 11.4 Å². The predicted molar refractivity (Wildman–Crippen MR) is 72.8 cm³/mol. The first kappa shape index (κ1) is 12.8. The van der Waals surface area contributed by atoms with Crippen molar-refractivity contribution in [3.63, 3.8) is 0 Å². The van der Waals surface area contributed by atoms with E-state index in [9.17, 15) is 0 Å². The Bertz CT molecular complexity index is 429. The molecule has 104 valence electrons. The molecule has 1 aromatic carbocycles. The van der Waals surface area contributed by atoms with E-state index in [-0.39, 0.29) is 0 Å². The molecule has 1 N–H and O–H groups in total. The van der Waals surface area contributed by atoms with Crippen molar-refractivity contribution in [2.75, 3.05) is 26.9 Å². The summed E-state index contributed by atoms with van der Waals surface area (Å²) < 4.78 is 17.0. The van der Waals surface area contributed by atoms with Gasteiger partial charge in [0, 0.05) is 24.7 Å². The number of rotatable bonds is 5. The van der Waals surface area contributed by atoms with Gasteiger partial charge in [-0.25, -0.2) is 0 Å². The molecule has 0 saturated carbocycles. The quantitative estimate of drug-likeness (QED) is 0.884. The van der Waals surface area contributed by atoms with Gasteiger partial charge in [0.1, 0.15) is 18.1 Å². The van der Waals surface area contributed by atoms with Crippen molar-refractivity contribution in [2.24, 2.45) is 0 Å². The summed E-state index contributed by atoms with van der Waals surface area (Å²) in [5.41, 5.74) is 1.22. The van der Waals surface area contributed by atoms with Gasteiger partial charge in [-0.1, -0.05) is 0 Å². The number of ether oxygens (including phenoxy) is 3. The number of benzene rings is 1. The van der Waals surface area contributed by atoms with Gasteiger partial charge in [0.15, 0.2) is 0 Å². The van der Waals surface area contributed by atoms with Gasteiger partial charge in [-0.15, -0.1) is 0 Å². The van der Waals surface area contributed by atoms with Crippen molar-refractivity contribution in [2.45, 2.75) is 31.4 Å². The van der Waals surface area contributed by atoms with Crippen LogP contribution in [-0.2, 0) is 4.74 Å². The Hall–Kier alpha value is -1.26. The van der Waals surface area contributed by atoms with Crippen LogP contribution < -0.4 is 14.8 Å². The molecule has 2 unspecified atom stereocenters. The van der Waals surface area contributed by atoms with E-state index in [4.69, 9.17) is 14.2 Å². The lowest BCUT2D eigenvalue weighted by atomic mass is 10.1. The number of hydrogen-bond acceptors (Lipinski definition) is 4. The van der Waals surface area contributed by atoms with Crippen LogP contribution in [0.4, 0.5) is 0 Å². The second-order valence-electron chi connectivity index (χ2n) is 5.12. The monoisotopic (exact) mass is 263 g/mol. The lowest BCUT2D eigenvalue weighted by Crippen LogP contribution is -2.17. The molecular formula is C15H21NO3. The van der Waals surface area contributed by atoms with Crippen molar-refractivity contribution < 1.29 is 14.2 Å². The molecule has 19 heavy (non-hydrogen) atoms. The van der Waals surface area contributed by atoms with Gasteiger partial charge in [0.05, 0.1) is 18.8 Å². The summed E-state index contributed by atoms with van der Waals surface area (Å²) in [6.07, 6.45) is 3.71. The van der Waals surface area contributed by atoms with Gasteiger partial charge in [0.2, 0.25) is 0 Å². The molecule has 2 aliphatic heterocycles. The molecule has 0 bridgehead atoms. The van der Waals surface area contributed by atoms with Crippen molar-refractivity contribution >= 4 is 0 Å². The van der Waals surface area contributed by atoms with Crippen LogP contribution in [0.1, 0.15) is 30.9 Å². The van der Waals surface area contributed by atoms with Crippen LogP contribution in [0.15, 0.2) is 18.2 Å². The third-order valence-electron chi connectivity index (χ3n) is 3.85. The minimum absolute atomic E-state index is 0.302. The highest BCUT2D eigenvalue weighted by Gasteiger charge is 2.23. The third-order valence-corrected chi connectivity index (χ3v) is 3.85. The Kier molecular flexibility index (Phi) is 3.89. The molecule has 2 atom stereocenters. The Balaban J connectivity index is 1.54.